The van der Waals surface area contributed by atoms with Crippen molar-refractivity contribution >= 4 is 11.8 Å². The van der Waals surface area contributed by atoms with Crippen LogP contribution < -0.4 is 11.1 Å². The van der Waals surface area contributed by atoms with Crippen LogP contribution in [-0.2, 0) is 9.59 Å². The van der Waals surface area contributed by atoms with E-state index in [-0.39, 0.29) is 29.2 Å². The van der Waals surface area contributed by atoms with Crippen LogP contribution in [-0.4, -0.2) is 42.4 Å². The largest absolute Gasteiger partial charge is 0.369 e. The number of carbonyl (C=O) groups excluding carboxylic acids is 2. The Morgan fingerprint density at radius 2 is 2.11 bits per heavy atom. The van der Waals surface area contributed by atoms with Gasteiger partial charge in [-0.3, -0.25) is 9.59 Å². The maximum Gasteiger partial charge on any atom is 0.240 e. The summed E-state index contributed by atoms with van der Waals surface area (Å²) in [5.74, 6) is -0.328. The minimum absolute atomic E-state index is 0.0137. The number of carbonyl (C=O) groups is 2. The highest BCUT2D eigenvalue weighted by Crippen LogP contribution is 2.32. The van der Waals surface area contributed by atoms with Gasteiger partial charge >= 0.3 is 0 Å². The number of hydrogen-bond donors (Lipinski definition) is 2. The third-order valence-electron chi connectivity index (χ3n) is 4.28. The molecule has 0 radical (unpaired) electrons. The van der Waals surface area contributed by atoms with E-state index in [2.05, 4.69) is 19.2 Å². The van der Waals surface area contributed by atoms with Gasteiger partial charge in [0.15, 0.2) is 0 Å². The lowest BCUT2D eigenvalue weighted by Crippen LogP contribution is -2.56. The van der Waals surface area contributed by atoms with Crippen molar-refractivity contribution < 1.29 is 9.59 Å². The maximum absolute atomic E-state index is 12.5. The Morgan fingerprint density at radius 3 is 2.67 bits per heavy atom. The molecule has 2 aliphatic heterocycles. The van der Waals surface area contributed by atoms with Gasteiger partial charge < -0.3 is 16.0 Å². The molecule has 2 fully saturated rings. The number of likely N-dealkylation sites (tertiary alicyclic amines) is 1. The zero-order valence-corrected chi connectivity index (χ0v) is 11.2. The Balaban J connectivity index is 2.01. The molecule has 2 atom stereocenters. The molecule has 0 saturated carbocycles. The Morgan fingerprint density at radius 1 is 1.39 bits per heavy atom. The fourth-order valence-corrected chi connectivity index (χ4v) is 3.01. The summed E-state index contributed by atoms with van der Waals surface area (Å²) in [6.45, 7) is 6.29. The second-order valence-electron chi connectivity index (χ2n) is 6.15. The molecular formula is C13H23N3O2. The molecule has 0 aromatic rings. The summed E-state index contributed by atoms with van der Waals surface area (Å²) in [7, 11) is 0. The molecule has 102 valence electrons. The van der Waals surface area contributed by atoms with Gasteiger partial charge in [-0.05, 0) is 31.2 Å². The zero-order chi connectivity index (χ0) is 13.3. The van der Waals surface area contributed by atoms with Crippen LogP contribution >= 0.6 is 0 Å². The Hall–Kier alpha value is -1.10. The SMILES string of the molecule is CC1(C)CCCNC1C(=O)N1CCC(C(N)=O)C1. The molecule has 2 rings (SSSR count). The number of amides is 2. The van der Waals surface area contributed by atoms with Crippen molar-refractivity contribution in [2.75, 3.05) is 19.6 Å². The lowest BCUT2D eigenvalue weighted by molar-refractivity contribution is -0.136. The van der Waals surface area contributed by atoms with E-state index in [1.54, 1.807) is 4.90 Å². The molecule has 2 saturated heterocycles. The third-order valence-corrected chi connectivity index (χ3v) is 4.28. The van der Waals surface area contributed by atoms with Crippen molar-refractivity contribution in [3.8, 4) is 0 Å². The molecule has 2 aliphatic rings. The molecule has 3 N–H and O–H groups in total. The molecule has 0 aliphatic carbocycles. The summed E-state index contributed by atoms with van der Waals surface area (Å²) < 4.78 is 0. The molecule has 0 bridgehead atoms. The molecule has 0 aromatic carbocycles. The second kappa shape index (κ2) is 4.88. The van der Waals surface area contributed by atoms with Gasteiger partial charge in [0.05, 0.1) is 12.0 Å². The highest BCUT2D eigenvalue weighted by atomic mass is 16.2. The average molecular weight is 253 g/mol. The number of primary amides is 1. The van der Waals surface area contributed by atoms with Crippen LogP contribution in [0.2, 0.25) is 0 Å². The predicted molar refractivity (Wildman–Crippen MR) is 68.7 cm³/mol. The Bertz CT molecular complexity index is 354. The highest BCUT2D eigenvalue weighted by Gasteiger charge is 2.41. The third kappa shape index (κ3) is 2.51. The van der Waals surface area contributed by atoms with Crippen molar-refractivity contribution in [3.05, 3.63) is 0 Å². The summed E-state index contributed by atoms with van der Waals surface area (Å²) in [6.07, 6.45) is 2.87. The smallest absolute Gasteiger partial charge is 0.240 e. The van der Waals surface area contributed by atoms with Crippen LogP contribution in [0.5, 0.6) is 0 Å². The van der Waals surface area contributed by atoms with E-state index in [0.29, 0.717) is 19.5 Å². The van der Waals surface area contributed by atoms with Gasteiger partial charge in [0.1, 0.15) is 0 Å². The highest BCUT2D eigenvalue weighted by molar-refractivity contribution is 5.85. The second-order valence-corrected chi connectivity index (χ2v) is 6.15. The first-order chi connectivity index (χ1) is 8.42. The quantitative estimate of drug-likeness (QED) is 0.733. The van der Waals surface area contributed by atoms with Crippen molar-refractivity contribution in [1.29, 1.82) is 0 Å². The molecule has 5 heteroatoms. The van der Waals surface area contributed by atoms with Crippen LogP contribution in [0.4, 0.5) is 0 Å². The van der Waals surface area contributed by atoms with Gasteiger partial charge in [-0.25, -0.2) is 0 Å². The summed E-state index contributed by atoms with van der Waals surface area (Å²) in [4.78, 5) is 25.4. The van der Waals surface area contributed by atoms with E-state index in [9.17, 15) is 9.59 Å². The Labute approximate surface area is 108 Å². The number of hydrogen-bond acceptors (Lipinski definition) is 3. The lowest BCUT2D eigenvalue weighted by atomic mass is 9.77. The van der Waals surface area contributed by atoms with Crippen molar-refractivity contribution in [1.82, 2.24) is 10.2 Å². The van der Waals surface area contributed by atoms with Crippen LogP contribution in [0.25, 0.3) is 0 Å². The van der Waals surface area contributed by atoms with Gasteiger partial charge in [0, 0.05) is 13.1 Å². The fourth-order valence-electron chi connectivity index (χ4n) is 3.01. The average Bonchev–Trinajstić information content (AvgIpc) is 2.77. The minimum Gasteiger partial charge on any atom is -0.369 e. The monoisotopic (exact) mass is 253 g/mol. The number of rotatable bonds is 2. The van der Waals surface area contributed by atoms with E-state index in [4.69, 9.17) is 5.73 Å². The van der Waals surface area contributed by atoms with Gasteiger partial charge in [-0.15, -0.1) is 0 Å². The van der Waals surface area contributed by atoms with Crippen LogP contribution in [0.3, 0.4) is 0 Å². The van der Waals surface area contributed by atoms with Crippen molar-refractivity contribution in [2.45, 2.75) is 39.2 Å². The number of nitrogens with two attached hydrogens (primary N) is 1. The standard InChI is InChI=1S/C13H23N3O2/c1-13(2)5-3-6-15-10(13)12(18)16-7-4-9(8-16)11(14)17/h9-10,15H,3-8H2,1-2H3,(H2,14,17). The fraction of sp³-hybridized carbons (Fsp3) is 0.846. The molecule has 0 aromatic heterocycles. The van der Waals surface area contributed by atoms with E-state index < -0.39 is 0 Å². The van der Waals surface area contributed by atoms with Crippen LogP contribution in [0.15, 0.2) is 0 Å². The van der Waals surface area contributed by atoms with Gasteiger partial charge in [0.25, 0.3) is 0 Å². The predicted octanol–water partition coefficient (Wildman–Crippen LogP) is 0.0984. The number of nitrogens with one attached hydrogen (secondary N) is 1. The molecule has 2 amide bonds. The van der Waals surface area contributed by atoms with Crippen molar-refractivity contribution in [2.24, 2.45) is 17.1 Å². The normalized spacial score (nSPS) is 31.3. The first-order valence-corrected chi connectivity index (χ1v) is 6.73. The topological polar surface area (TPSA) is 75.4 Å². The van der Waals surface area contributed by atoms with E-state index in [0.717, 1.165) is 19.4 Å². The number of nitrogens with zero attached hydrogens (tertiary/aromatic N) is 1. The van der Waals surface area contributed by atoms with Crippen LogP contribution in [0, 0.1) is 11.3 Å². The maximum atomic E-state index is 12.5. The Kier molecular flexibility index (Phi) is 3.61. The molecule has 5 nitrogen and oxygen atoms in total. The first-order valence-electron chi connectivity index (χ1n) is 6.73. The van der Waals surface area contributed by atoms with Gasteiger partial charge in [-0.2, -0.15) is 0 Å². The summed E-state index contributed by atoms with van der Waals surface area (Å²) in [5, 5.41) is 3.32. The molecule has 2 unspecified atom stereocenters. The summed E-state index contributed by atoms with van der Waals surface area (Å²) in [6, 6.07) is -0.127. The summed E-state index contributed by atoms with van der Waals surface area (Å²) >= 11 is 0. The van der Waals surface area contributed by atoms with E-state index in [1.807, 2.05) is 0 Å². The van der Waals surface area contributed by atoms with E-state index in [1.165, 1.54) is 0 Å². The van der Waals surface area contributed by atoms with Crippen molar-refractivity contribution in [3.63, 3.8) is 0 Å². The van der Waals surface area contributed by atoms with Gasteiger partial charge in [0.2, 0.25) is 11.8 Å². The molecule has 2 heterocycles. The van der Waals surface area contributed by atoms with E-state index >= 15 is 0 Å². The van der Waals surface area contributed by atoms with Crippen LogP contribution in [0.1, 0.15) is 33.1 Å². The molecular weight excluding hydrogens is 230 g/mol. The minimum atomic E-state index is -0.291. The molecule has 18 heavy (non-hydrogen) atoms. The molecule has 0 spiro atoms. The van der Waals surface area contributed by atoms with Gasteiger partial charge in [-0.1, -0.05) is 13.8 Å². The zero-order valence-electron chi connectivity index (χ0n) is 11.2. The summed E-state index contributed by atoms with van der Waals surface area (Å²) in [5.41, 5.74) is 5.29. The first kappa shape index (κ1) is 13.3. The lowest BCUT2D eigenvalue weighted by Gasteiger charge is -2.40. The number of piperidine rings is 1.